The second-order valence-electron chi connectivity index (χ2n) is 26.8. The van der Waals surface area contributed by atoms with Crippen LogP contribution in [0.1, 0.15) is 381 Å². The number of hydrogen-bond donors (Lipinski definition) is 3. The molecule has 0 radical (unpaired) electrons. The minimum Gasteiger partial charge on any atom is -0.462 e. The zero-order valence-corrected chi connectivity index (χ0v) is 61.5. The van der Waals surface area contributed by atoms with Gasteiger partial charge in [0.1, 0.15) is 19.3 Å². The highest BCUT2D eigenvalue weighted by Gasteiger charge is 2.30. The van der Waals surface area contributed by atoms with Crippen molar-refractivity contribution < 1.29 is 80.2 Å². The zero-order chi connectivity index (χ0) is 67.7. The second kappa shape index (κ2) is 66.3. The maximum absolute atomic E-state index is 13.0. The summed E-state index contributed by atoms with van der Waals surface area (Å²) in [6, 6.07) is 0. The Morgan fingerprint density at radius 3 is 0.739 bits per heavy atom. The summed E-state index contributed by atoms with van der Waals surface area (Å²) in [5.41, 5.74) is 0. The molecule has 0 aliphatic heterocycles. The van der Waals surface area contributed by atoms with Crippen LogP contribution >= 0.6 is 15.6 Å². The first-order chi connectivity index (χ1) is 44.5. The molecule has 0 aromatic carbocycles. The lowest BCUT2D eigenvalue weighted by Crippen LogP contribution is -2.30. The molecule has 0 spiro atoms. The van der Waals surface area contributed by atoms with Crippen molar-refractivity contribution in [2.75, 3.05) is 39.6 Å². The number of phosphoric ester groups is 2. The monoisotopic (exact) mass is 1350 g/mol. The fraction of sp³-hybridized carbons (Fsp3) is 0.945. The molecule has 546 valence electrons. The number of carbonyl (C=O) groups excluding carboxylic acids is 4. The van der Waals surface area contributed by atoms with E-state index in [-0.39, 0.29) is 25.7 Å². The van der Waals surface area contributed by atoms with Gasteiger partial charge in [0.05, 0.1) is 26.4 Å². The van der Waals surface area contributed by atoms with Crippen molar-refractivity contribution in [3.8, 4) is 0 Å². The number of carbonyl (C=O) groups is 4. The fourth-order valence-corrected chi connectivity index (χ4v) is 12.8. The van der Waals surface area contributed by atoms with E-state index in [4.69, 9.17) is 37.0 Å². The number of unbranched alkanes of at least 4 members (excludes halogenated alkanes) is 45. The largest absolute Gasteiger partial charge is 0.472 e. The van der Waals surface area contributed by atoms with Gasteiger partial charge in [-0.3, -0.25) is 37.3 Å². The molecular weight excluding hydrogens is 1210 g/mol. The van der Waals surface area contributed by atoms with E-state index in [0.29, 0.717) is 25.7 Å². The quantitative estimate of drug-likeness (QED) is 0.0222. The van der Waals surface area contributed by atoms with Crippen molar-refractivity contribution >= 4 is 39.5 Å². The predicted molar refractivity (Wildman–Crippen MR) is 372 cm³/mol. The molecule has 0 aliphatic carbocycles. The molecule has 3 N–H and O–H groups in total. The van der Waals surface area contributed by atoms with E-state index in [9.17, 15) is 43.2 Å². The van der Waals surface area contributed by atoms with Gasteiger partial charge in [-0.15, -0.1) is 0 Å². The molecule has 0 fully saturated rings. The van der Waals surface area contributed by atoms with E-state index >= 15 is 0 Å². The third-order valence-electron chi connectivity index (χ3n) is 17.0. The highest BCUT2D eigenvalue weighted by Crippen LogP contribution is 2.45. The average molecular weight is 1350 g/mol. The molecule has 0 aromatic rings. The summed E-state index contributed by atoms with van der Waals surface area (Å²) < 4.78 is 68.2. The maximum atomic E-state index is 13.0. The molecule has 17 nitrogen and oxygen atoms in total. The van der Waals surface area contributed by atoms with Gasteiger partial charge >= 0.3 is 39.5 Å². The van der Waals surface area contributed by atoms with Crippen LogP contribution in [0.25, 0.3) is 0 Å². The Hall–Kier alpha value is -1.94. The van der Waals surface area contributed by atoms with Crippen molar-refractivity contribution in [1.29, 1.82) is 0 Å². The SMILES string of the molecule is CCCCCCCCCCCCCCCCCCCCCCCC(=O)O[C@H](COC(=O)CCCCCCCCCCCCC(C)C)COP(=O)(O)OC[C@@H](O)COP(=O)(O)OC[C@@H](COC(=O)CCCCCCC)OC(=O)CCCCCCCCCCCCCCC. The first-order valence-corrected chi connectivity index (χ1v) is 41.1. The van der Waals surface area contributed by atoms with Crippen LogP contribution in [-0.4, -0.2) is 96.7 Å². The normalized spacial score (nSPS) is 14.0. The van der Waals surface area contributed by atoms with Gasteiger partial charge in [-0.1, -0.05) is 330 Å². The standard InChI is InChI=1S/C73H142O17P2/c1-6-9-12-15-17-19-21-23-24-25-26-27-28-29-30-32-34-40-44-49-54-59-73(78)90-69(63-84-71(76)57-52-47-42-38-36-35-37-41-46-50-55-66(4)5)65-88-92(81,82)86-61-67(74)60-85-91(79,80)87-64-68(62-83-70(75)56-51-45-14-11-8-3)89-72(77)58-53-48-43-39-33-31-22-20-18-16-13-10-7-2/h66-69,74H,6-65H2,1-5H3,(H,79,80)(H,81,82)/t67-,68+,69+/m0/s1. The zero-order valence-electron chi connectivity index (χ0n) is 59.7. The van der Waals surface area contributed by atoms with Crippen LogP contribution in [0.4, 0.5) is 0 Å². The number of aliphatic hydroxyl groups excluding tert-OH is 1. The van der Waals surface area contributed by atoms with Crippen LogP contribution in [0.3, 0.4) is 0 Å². The summed E-state index contributed by atoms with van der Waals surface area (Å²) in [6.45, 7) is 7.17. The molecule has 0 saturated carbocycles. The molecule has 0 saturated heterocycles. The van der Waals surface area contributed by atoms with Gasteiger partial charge in [-0.25, -0.2) is 9.13 Å². The van der Waals surface area contributed by atoms with Crippen LogP contribution in [0, 0.1) is 5.92 Å². The predicted octanol–water partition coefficient (Wildman–Crippen LogP) is 21.3. The molecule has 19 heteroatoms. The summed E-state index contributed by atoms with van der Waals surface area (Å²) in [4.78, 5) is 72.4. The van der Waals surface area contributed by atoms with Crippen LogP contribution in [0.5, 0.6) is 0 Å². The number of esters is 4. The third kappa shape index (κ3) is 66.7. The number of rotatable bonds is 73. The molecule has 92 heavy (non-hydrogen) atoms. The Kier molecular flexibility index (Phi) is 64.9. The first-order valence-electron chi connectivity index (χ1n) is 38.1. The Balaban J connectivity index is 5.11. The van der Waals surface area contributed by atoms with Crippen molar-refractivity contribution in [2.24, 2.45) is 5.92 Å². The number of phosphoric acid groups is 2. The van der Waals surface area contributed by atoms with E-state index in [1.54, 1.807) is 0 Å². The molecule has 0 amide bonds. The van der Waals surface area contributed by atoms with E-state index in [2.05, 4.69) is 34.6 Å². The van der Waals surface area contributed by atoms with E-state index in [1.807, 2.05) is 0 Å². The van der Waals surface area contributed by atoms with Crippen LogP contribution < -0.4 is 0 Å². The molecule has 0 aromatic heterocycles. The molecule has 0 rings (SSSR count). The summed E-state index contributed by atoms with van der Waals surface area (Å²) in [5.74, 6) is -1.37. The van der Waals surface area contributed by atoms with Gasteiger partial charge in [0.15, 0.2) is 12.2 Å². The highest BCUT2D eigenvalue weighted by atomic mass is 31.2. The summed E-state index contributed by atoms with van der Waals surface area (Å²) >= 11 is 0. The molecule has 0 aliphatic rings. The Bertz CT molecular complexity index is 1770. The maximum Gasteiger partial charge on any atom is 0.472 e. The smallest absolute Gasteiger partial charge is 0.462 e. The Labute approximate surface area is 562 Å². The molecule has 0 heterocycles. The van der Waals surface area contributed by atoms with Crippen molar-refractivity contribution in [3.05, 3.63) is 0 Å². The third-order valence-corrected chi connectivity index (χ3v) is 18.9. The van der Waals surface area contributed by atoms with Crippen LogP contribution in [-0.2, 0) is 65.4 Å². The number of ether oxygens (including phenoxy) is 4. The first kappa shape index (κ1) is 90.1. The minimum atomic E-state index is -4.95. The number of hydrogen-bond acceptors (Lipinski definition) is 15. The summed E-state index contributed by atoms with van der Waals surface area (Å²) in [7, 11) is -9.89. The Morgan fingerprint density at radius 2 is 0.500 bits per heavy atom. The van der Waals surface area contributed by atoms with Crippen LogP contribution in [0.15, 0.2) is 0 Å². The van der Waals surface area contributed by atoms with Crippen molar-refractivity contribution in [1.82, 2.24) is 0 Å². The fourth-order valence-electron chi connectivity index (χ4n) is 11.2. The lowest BCUT2D eigenvalue weighted by atomic mass is 10.0. The Morgan fingerprint density at radius 1 is 0.293 bits per heavy atom. The molecule has 2 unspecified atom stereocenters. The van der Waals surface area contributed by atoms with Crippen molar-refractivity contribution in [2.45, 2.75) is 400 Å². The average Bonchev–Trinajstić information content (AvgIpc) is 3.35. The minimum absolute atomic E-state index is 0.107. The van der Waals surface area contributed by atoms with Gasteiger partial charge < -0.3 is 33.8 Å². The topological polar surface area (TPSA) is 237 Å². The van der Waals surface area contributed by atoms with Crippen molar-refractivity contribution in [3.63, 3.8) is 0 Å². The summed E-state index contributed by atoms with van der Waals surface area (Å²) in [6.07, 6.45) is 54.6. The van der Waals surface area contributed by atoms with E-state index in [0.717, 1.165) is 102 Å². The molecular formula is C73H142O17P2. The molecule has 5 atom stereocenters. The second-order valence-corrected chi connectivity index (χ2v) is 29.7. The van der Waals surface area contributed by atoms with Gasteiger partial charge in [-0.2, -0.15) is 0 Å². The van der Waals surface area contributed by atoms with Gasteiger partial charge in [-0.05, 0) is 31.6 Å². The highest BCUT2D eigenvalue weighted by molar-refractivity contribution is 7.47. The van der Waals surface area contributed by atoms with Gasteiger partial charge in [0.2, 0.25) is 0 Å². The van der Waals surface area contributed by atoms with Gasteiger partial charge in [0.25, 0.3) is 0 Å². The number of aliphatic hydroxyl groups is 1. The van der Waals surface area contributed by atoms with Gasteiger partial charge in [0, 0.05) is 25.7 Å². The molecule has 0 bridgehead atoms. The lowest BCUT2D eigenvalue weighted by Gasteiger charge is -2.21. The summed E-state index contributed by atoms with van der Waals surface area (Å²) in [5, 5.41) is 10.6. The van der Waals surface area contributed by atoms with Crippen LogP contribution in [0.2, 0.25) is 0 Å². The van der Waals surface area contributed by atoms with E-state index in [1.165, 1.54) is 199 Å². The van der Waals surface area contributed by atoms with E-state index < -0.39 is 97.5 Å². The lowest BCUT2D eigenvalue weighted by molar-refractivity contribution is -0.161.